The van der Waals surface area contributed by atoms with Crippen LogP contribution in [0.4, 0.5) is 17.3 Å². The molecule has 0 aromatic carbocycles. The fourth-order valence-corrected chi connectivity index (χ4v) is 2.88. The number of nitrogens with zero attached hydrogens (tertiary/aromatic N) is 4. The van der Waals surface area contributed by atoms with Crippen LogP contribution in [0.15, 0.2) is 18.6 Å². The lowest BCUT2D eigenvalue weighted by molar-refractivity contribution is 0.0996. The molecule has 2 aromatic rings. The van der Waals surface area contributed by atoms with Gasteiger partial charge in [0, 0.05) is 12.1 Å². The van der Waals surface area contributed by atoms with Gasteiger partial charge in [0.2, 0.25) is 0 Å². The Kier molecular flexibility index (Phi) is 5.42. The van der Waals surface area contributed by atoms with E-state index in [4.69, 9.17) is 16.2 Å². The van der Waals surface area contributed by atoms with Crippen LogP contribution in [0, 0.1) is 0 Å². The second kappa shape index (κ2) is 7.91. The minimum atomic E-state index is -0.685. The third kappa shape index (κ3) is 4.14. The van der Waals surface area contributed by atoms with Gasteiger partial charge in [-0.15, -0.1) is 0 Å². The Morgan fingerprint density at radius 3 is 2.58 bits per heavy atom. The lowest BCUT2D eigenvalue weighted by atomic mass is 9.91. The molecular weight excluding hydrogens is 336 g/mol. The highest BCUT2D eigenvalue weighted by atomic mass is 16.5. The van der Waals surface area contributed by atoms with Crippen molar-refractivity contribution in [3.8, 4) is 6.01 Å². The van der Waals surface area contributed by atoms with Gasteiger partial charge in [-0.1, -0.05) is 12.8 Å². The molecule has 0 bridgehead atoms. The molecule has 2 aromatic heterocycles. The van der Waals surface area contributed by atoms with Crippen LogP contribution in [0.3, 0.4) is 0 Å². The predicted molar refractivity (Wildman–Crippen MR) is 96.3 cm³/mol. The highest BCUT2D eigenvalue weighted by Gasteiger charge is 2.23. The zero-order valence-electron chi connectivity index (χ0n) is 14.5. The highest BCUT2D eigenvalue weighted by Crippen LogP contribution is 2.23. The standard InChI is InChI=1S/C16H22N8O2/c1-26-16-20-6-9(7-21-16)22-15-13(14(18)25)19-8-12(24-15)23-11-5-3-2-4-10(11)17/h6-8,10-11H,2-5,17H2,1H3,(H2,18,25)(H2,22,23,24). The third-order valence-electron chi connectivity index (χ3n) is 4.23. The Morgan fingerprint density at radius 2 is 1.92 bits per heavy atom. The lowest BCUT2D eigenvalue weighted by Gasteiger charge is -2.29. The molecule has 2 heterocycles. The number of hydrogen-bond acceptors (Lipinski definition) is 9. The summed E-state index contributed by atoms with van der Waals surface area (Å²) in [6.45, 7) is 0. The number of nitrogens with two attached hydrogens (primary N) is 2. The topological polar surface area (TPSA) is 154 Å². The lowest BCUT2D eigenvalue weighted by Crippen LogP contribution is -2.42. The Balaban J connectivity index is 1.82. The van der Waals surface area contributed by atoms with E-state index in [2.05, 4.69) is 30.6 Å². The molecule has 3 rings (SSSR count). The number of anilines is 3. The molecule has 26 heavy (non-hydrogen) atoms. The van der Waals surface area contributed by atoms with Crippen LogP contribution in [-0.2, 0) is 0 Å². The number of amides is 1. The van der Waals surface area contributed by atoms with Gasteiger partial charge in [-0.3, -0.25) is 4.79 Å². The number of carbonyl (C=O) groups is 1. The van der Waals surface area contributed by atoms with Crippen LogP contribution in [0.25, 0.3) is 0 Å². The number of primary amides is 1. The van der Waals surface area contributed by atoms with E-state index in [9.17, 15) is 4.79 Å². The molecule has 1 saturated carbocycles. The zero-order valence-corrected chi connectivity index (χ0v) is 14.5. The van der Waals surface area contributed by atoms with Gasteiger partial charge in [0.15, 0.2) is 11.5 Å². The summed E-state index contributed by atoms with van der Waals surface area (Å²) in [7, 11) is 1.48. The van der Waals surface area contributed by atoms with Crippen molar-refractivity contribution in [2.75, 3.05) is 17.7 Å². The Morgan fingerprint density at radius 1 is 1.19 bits per heavy atom. The quantitative estimate of drug-likeness (QED) is 0.587. The molecule has 10 heteroatoms. The average Bonchev–Trinajstić information content (AvgIpc) is 2.64. The van der Waals surface area contributed by atoms with E-state index in [1.807, 2.05) is 0 Å². The highest BCUT2D eigenvalue weighted by molar-refractivity contribution is 5.96. The first-order valence-corrected chi connectivity index (χ1v) is 8.39. The minimum absolute atomic E-state index is 0.0271. The van der Waals surface area contributed by atoms with Crippen LogP contribution in [0.1, 0.15) is 36.2 Å². The van der Waals surface area contributed by atoms with Gasteiger partial charge >= 0.3 is 6.01 Å². The molecule has 0 radical (unpaired) electrons. The summed E-state index contributed by atoms with van der Waals surface area (Å²) in [4.78, 5) is 28.2. The molecule has 1 aliphatic carbocycles. The molecule has 0 spiro atoms. The van der Waals surface area contributed by atoms with Gasteiger partial charge in [0.1, 0.15) is 5.82 Å². The molecule has 6 N–H and O–H groups in total. The first-order chi connectivity index (χ1) is 12.6. The van der Waals surface area contributed by atoms with Gasteiger partial charge in [-0.05, 0) is 12.8 Å². The van der Waals surface area contributed by atoms with Crippen molar-refractivity contribution in [2.45, 2.75) is 37.8 Å². The molecule has 1 aliphatic rings. The molecule has 0 aliphatic heterocycles. The van der Waals surface area contributed by atoms with Crippen LogP contribution in [-0.4, -0.2) is 45.0 Å². The number of methoxy groups -OCH3 is 1. The van der Waals surface area contributed by atoms with Crippen molar-refractivity contribution in [1.82, 2.24) is 19.9 Å². The van der Waals surface area contributed by atoms with Gasteiger partial charge in [0.25, 0.3) is 5.91 Å². The van der Waals surface area contributed by atoms with Crippen LogP contribution >= 0.6 is 0 Å². The summed E-state index contributed by atoms with van der Waals surface area (Å²) in [5.41, 5.74) is 12.1. The van der Waals surface area contributed by atoms with E-state index in [1.165, 1.54) is 25.7 Å². The first kappa shape index (κ1) is 17.8. The summed E-state index contributed by atoms with van der Waals surface area (Å²) < 4.78 is 4.92. The van der Waals surface area contributed by atoms with Crippen molar-refractivity contribution < 1.29 is 9.53 Å². The van der Waals surface area contributed by atoms with E-state index >= 15 is 0 Å². The van der Waals surface area contributed by atoms with Gasteiger partial charge < -0.3 is 26.8 Å². The number of nitrogens with one attached hydrogen (secondary N) is 2. The normalized spacial score (nSPS) is 19.6. The maximum atomic E-state index is 11.7. The number of rotatable bonds is 6. The average molecular weight is 358 g/mol. The summed E-state index contributed by atoms with van der Waals surface area (Å²) in [5, 5.41) is 6.27. The maximum Gasteiger partial charge on any atom is 0.316 e. The van der Waals surface area contributed by atoms with Crippen LogP contribution in [0.5, 0.6) is 6.01 Å². The van der Waals surface area contributed by atoms with Crippen molar-refractivity contribution in [2.24, 2.45) is 11.5 Å². The molecular formula is C16H22N8O2. The summed E-state index contributed by atoms with van der Waals surface area (Å²) in [6, 6.07) is 0.417. The van der Waals surface area contributed by atoms with Crippen LogP contribution < -0.4 is 26.8 Å². The largest absolute Gasteiger partial charge is 0.467 e. The van der Waals surface area contributed by atoms with Gasteiger partial charge in [-0.2, -0.15) is 0 Å². The molecule has 138 valence electrons. The number of carbonyl (C=O) groups excluding carboxylic acids is 1. The van der Waals surface area contributed by atoms with Crippen molar-refractivity contribution in [3.63, 3.8) is 0 Å². The van der Waals surface area contributed by atoms with E-state index in [1.54, 1.807) is 0 Å². The monoisotopic (exact) mass is 358 g/mol. The van der Waals surface area contributed by atoms with Crippen LogP contribution in [0.2, 0.25) is 0 Å². The zero-order chi connectivity index (χ0) is 18.5. The molecule has 2 unspecified atom stereocenters. The molecule has 2 atom stereocenters. The van der Waals surface area contributed by atoms with E-state index in [0.717, 1.165) is 25.7 Å². The Hall–Kier alpha value is -3.01. The third-order valence-corrected chi connectivity index (χ3v) is 4.23. The molecule has 10 nitrogen and oxygen atoms in total. The molecule has 1 amide bonds. The van der Waals surface area contributed by atoms with Crippen molar-refractivity contribution in [1.29, 1.82) is 0 Å². The summed E-state index contributed by atoms with van der Waals surface area (Å²) in [6.07, 6.45) is 8.69. The van der Waals surface area contributed by atoms with Crippen molar-refractivity contribution >= 4 is 23.2 Å². The van der Waals surface area contributed by atoms with E-state index < -0.39 is 5.91 Å². The summed E-state index contributed by atoms with van der Waals surface area (Å²) >= 11 is 0. The first-order valence-electron chi connectivity index (χ1n) is 8.39. The fourth-order valence-electron chi connectivity index (χ4n) is 2.88. The summed E-state index contributed by atoms with van der Waals surface area (Å²) in [5.74, 6) is 0.0604. The number of ether oxygens (including phenoxy) is 1. The second-order valence-electron chi connectivity index (χ2n) is 6.10. The smallest absolute Gasteiger partial charge is 0.316 e. The number of aromatic nitrogens is 4. The fraction of sp³-hybridized carbons (Fsp3) is 0.438. The predicted octanol–water partition coefficient (Wildman–Crippen LogP) is 0.800. The minimum Gasteiger partial charge on any atom is -0.467 e. The Labute approximate surface area is 150 Å². The maximum absolute atomic E-state index is 11.7. The van der Waals surface area contributed by atoms with E-state index in [0.29, 0.717) is 11.5 Å². The van der Waals surface area contributed by atoms with E-state index in [-0.39, 0.29) is 29.6 Å². The second-order valence-corrected chi connectivity index (χ2v) is 6.10. The Bertz CT molecular complexity index is 767. The molecule has 0 saturated heterocycles. The van der Waals surface area contributed by atoms with Gasteiger partial charge in [-0.25, -0.2) is 19.9 Å². The van der Waals surface area contributed by atoms with Gasteiger partial charge in [0.05, 0.1) is 31.4 Å². The SMILES string of the molecule is COc1ncc(Nc2nc(NC3CCCCC3N)cnc2C(N)=O)cn1. The molecule has 1 fully saturated rings. The van der Waals surface area contributed by atoms with Crippen molar-refractivity contribution in [3.05, 3.63) is 24.3 Å². The number of hydrogen-bond donors (Lipinski definition) is 4.